The third kappa shape index (κ3) is 13.4. The molecule has 0 aromatic heterocycles. The zero-order chi connectivity index (χ0) is 38.2. The molecule has 10 nitrogen and oxygen atoms in total. The summed E-state index contributed by atoms with van der Waals surface area (Å²) < 4.78 is 38.8. The van der Waals surface area contributed by atoms with Crippen LogP contribution in [0.15, 0.2) is 121 Å². The lowest BCUT2D eigenvalue weighted by molar-refractivity contribution is -0.273. The van der Waals surface area contributed by atoms with E-state index in [1.54, 1.807) is 20.8 Å². The second-order valence-corrected chi connectivity index (χ2v) is 14.5. The maximum Gasteiger partial charge on any atom is 0.408 e. The molecule has 0 spiro atoms. The molecule has 288 valence electrons. The molecule has 4 aromatic carbocycles. The zero-order valence-corrected chi connectivity index (χ0v) is 31.4. The number of alkyl carbamates (subject to hydrolysis) is 1. The van der Waals surface area contributed by atoms with Crippen LogP contribution in [0.5, 0.6) is 0 Å². The van der Waals surface area contributed by atoms with Gasteiger partial charge in [-0.25, -0.2) is 9.59 Å². The van der Waals surface area contributed by atoms with Gasteiger partial charge in [-0.15, -0.1) is 0 Å². The number of hydrogen-bond donors (Lipinski definition) is 2. The van der Waals surface area contributed by atoms with Crippen LogP contribution in [0.1, 0.15) is 62.3 Å². The minimum atomic E-state index is -1.15. The first-order valence-corrected chi connectivity index (χ1v) is 18.6. The highest BCUT2D eigenvalue weighted by atomic mass is 16.6. The van der Waals surface area contributed by atoms with Crippen LogP contribution in [0.4, 0.5) is 4.79 Å². The van der Waals surface area contributed by atoms with Gasteiger partial charge >= 0.3 is 12.1 Å². The molecule has 2 N–H and O–H groups in total. The fourth-order valence-corrected chi connectivity index (χ4v) is 6.35. The van der Waals surface area contributed by atoms with Gasteiger partial charge in [-0.05, 0) is 62.3 Å². The van der Waals surface area contributed by atoms with Crippen molar-refractivity contribution in [2.75, 3.05) is 6.61 Å². The largest absolute Gasteiger partial charge is 0.480 e. The number of hydrogen-bond acceptors (Lipinski definition) is 8. The highest BCUT2D eigenvalue weighted by Gasteiger charge is 2.48. The Bertz CT molecular complexity index is 1670. The van der Waals surface area contributed by atoms with Gasteiger partial charge in [0.25, 0.3) is 0 Å². The highest BCUT2D eigenvalue weighted by molar-refractivity contribution is 5.79. The van der Waals surface area contributed by atoms with Crippen molar-refractivity contribution >= 4 is 12.1 Å². The van der Waals surface area contributed by atoms with Gasteiger partial charge in [-0.1, -0.05) is 121 Å². The van der Waals surface area contributed by atoms with E-state index in [-0.39, 0.29) is 13.0 Å². The number of ether oxygens (including phenoxy) is 6. The Labute approximate surface area is 318 Å². The summed E-state index contributed by atoms with van der Waals surface area (Å²) in [5, 5.41) is 12.5. The van der Waals surface area contributed by atoms with E-state index in [4.69, 9.17) is 28.4 Å². The van der Waals surface area contributed by atoms with E-state index in [1.807, 2.05) is 121 Å². The number of rotatable bonds is 19. The lowest BCUT2D eigenvalue weighted by Crippen LogP contribution is -2.61. The number of amides is 1. The van der Waals surface area contributed by atoms with Gasteiger partial charge in [-0.2, -0.15) is 0 Å². The van der Waals surface area contributed by atoms with Crippen molar-refractivity contribution in [1.82, 2.24) is 5.32 Å². The molecule has 5 rings (SSSR count). The topological polar surface area (TPSA) is 122 Å². The number of carboxylic acid groups (broad SMARTS) is 1. The molecular formula is C44H53NO9. The van der Waals surface area contributed by atoms with E-state index in [0.29, 0.717) is 39.3 Å². The maximum atomic E-state index is 12.5. The normalized spacial score (nSPS) is 20.5. The van der Waals surface area contributed by atoms with Crippen molar-refractivity contribution in [1.29, 1.82) is 0 Å². The number of benzene rings is 4. The fraction of sp³-hybridized carbons (Fsp3) is 0.409. The molecule has 10 heteroatoms. The molecular weight excluding hydrogens is 686 g/mol. The van der Waals surface area contributed by atoms with Crippen molar-refractivity contribution in [3.05, 3.63) is 144 Å². The van der Waals surface area contributed by atoms with Crippen molar-refractivity contribution < 1.29 is 43.1 Å². The second-order valence-electron chi connectivity index (χ2n) is 14.5. The summed E-state index contributed by atoms with van der Waals surface area (Å²) in [4.78, 5) is 24.7. The van der Waals surface area contributed by atoms with E-state index in [9.17, 15) is 14.7 Å². The molecule has 0 saturated carbocycles. The highest BCUT2D eigenvalue weighted by Crippen LogP contribution is 2.33. The summed E-state index contributed by atoms with van der Waals surface area (Å²) in [6.07, 6.45) is -2.63. The Morgan fingerprint density at radius 1 is 0.648 bits per heavy atom. The van der Waals surface area contributed by atoms with Crippen molar-refractivity contribution in [2.24, 2.45) is 0 Å². The molecule has 4 aromatic rings. The average molecular weight is 740 g/mol. The van der Waals surface area contributed by atoms with Crippen molar-refractivity contribution in [2.45, 2.75) is 109 Å². The second kappa shape index (κ2) is 20.8. The Kier molecular flexibility index (Phi) is 15.6. The molecule has 0 aliphatic carbocycles. The van der Waals surface area contributed by atoms with Gasteiger partial charge < -0.3 is 38.8 Å². The Morgan fingerprint density at radius 3 is 1.52 bits per heavy atom. The van der Waals surface area contributed by atoms with E-state index < -0.39 is 54.2 Å². The molecule has 0 unspecified atom stereocenters. The van der Waals surface area contributed by atoms with Gasteiger partial charge in [0.2, 0.25) is 0 Å². The minimum absolute atomic E-state index is 0.151. The summed E-state index contributed by atoms with van der Waals surface area (Å²) in [5.74, 6) is -1.15. The van der Waals surface area contributed by atoms with E-state index in [2.05, 4.69) is 5.32 Å². The monoisotopic (exact) mass is 739 g/mol. The molecule has 1 heterocycles. The quantitative estimate of drug-likeness (QED) is 0.0990. The van der Waals surface area contributed by atoms with Crippen LogP contribution in [0.3, 0.4) is 0 Å². The van der Waals surface area contributed by atoms with Crippen LogP contribution in [0.25, 0.3) is 0 Å². The third-order valence-corrected chi connectivity index (χ3v) is 8.95. The summed E-state index contributed by atoms with van der Waals surface area (Å²) >= 11 is 0. The van der Waals surface area contributed by atoms with Crippen molar-refractivity contribution in [3.63, 3.8) is 0 Å². The van der Waals surface area contributed by atoms with E-state index in [1.165, 1.54) is 0 Å². The molecule has 0 bridgehead atoms. The molecule has 6 atom stereocenters. The molecule has 54 heavy (non-hydrogen) atoms. The minimum Gasteiger partial charge on any atom is -0.480 e. The molecule has 1 aliphatic heterocycles. The fourth-order valence-electron chi connectivity index (χ4n) is 6.35. The van der Waals surface area contributed by atoms with Gasteiger partial charge in [0.05, 0.1) is 39.1 Å². The van der Waals surface area contributed by atoms with Crippen LogP contribution in [0, 0.1) is 0 Å². The van der Waals surface area contributed by atoms with Crippen LogP contribution in [0.2, 0.25) is 0 Å². The SMILES string of the molecule is CC(C)(C)OC(=O)N[C@@H](CCC[C@H]1O[C@H](COCc2ccccc2)[C@@H](OCc2ccccc2)[C@H](OCc2ccccc2)[C@H]1OCc1ccccc1)C(=O)O. The average Bonchev–Trinajstić information content (AvgIpc) is 3.16. The summed E-state index contributed by atoms with van der Waals surface area (Å²) in [5.41, 5.74) is 3.26. The van der Waals surface area contributed by atoms with Gasteiger partial charge in [0, 0.05) is 0 Å². The van der Waals surface area contributed by atoms with Gasteiger partial charge in [-0.3, -0.25) is 0 Å². The smallest absolute Gasteiger partial charge is 0.408 e. The first-order valence-electron chi connectivity index (χ1n) is 18.6. The van der Waals surface area contributed by atoms with E-state index >= 15 is 0 Å². The van der Waals surface area contributed by atoms with Gasteiger partial charge in [0.1, 0.15) is 36.1 Å². The van der Waals surface area contributed by atoms with Crippen molar-refractivity contribution in [3.8, 4) is 0 Å². The Balaban J connectivity index is 1.42. The number of carbonyl (C=O) groups is 2. The summed E-state index contributed by atoms with van der Waals surface area (Å²) in [7, 11) is 0. The van der Waals surface area contributed by atoms with Crippen LogP contribution in [-0.4, -0.2) is 65.9 Å². The predicted octanol–water partition coefficient (Wildman–Crippen LogP) is 7.88. The number of aliphatic carboxylic acids is 1. The lowest BCUT2D eigenvalue weighted by atomic mass is 9.91. The Hall–Kier alpha value is -4.58. The number of carbonyl (C=O) groups excluding carboxylic acids is 1. The summed E-state index contributed by atoms with van der Waals surface area (Å²) in [6.45, 7) is 6.72. The molecule has 1 aliphatic rings. The standard InChI is InChI=1S/C44H53NO9/c1-44(2,3)54-43(48)45-36(42(46)47)25-16-26-37-39(50-28-33-19-10-5-11-20-33)41(52-30-35-23-14-7-15-24-35)40(51-29-34-21-12-6-13-22-34)38(53-37)31-49-27-32-17-8-4-9-18-32/h4-15,17-24,36-41H,16,25-31H2,1-3H3,(H,45,48)(H,46,47)/t36-,37+,38+,39-,40+,41+/m0/s1. The maximum absolute atomic E-state index is 12.5. The summed E-state index contributed by atoms with van der Waals surface area (Å²) in [6, 6.07) is 38.6. The first kappa shape index (κ1) is 40.6. The first-order chi connectivity index (χ1) is 26.1. The molecule has 1 fully saturated rings. The number of nitrogens with one attached hydrogen (secondary N) is 1. The van der Waals surface area contributed by atoms with Crippen LogP contribution >= 0.6 is 0 Å². The van der Waals surface area contributed by atoms with Gasteiger partial charge in [0.15, 0.2) is 0 Å². The predicted molar refractivity (Wildman–Crippen MR) is 204 cm³/mol. The molecule has 0 radical (unpaired) electrons. The number of carboxylic acids is 1. The third-order valence-electron chi connectivity index (χ3n) is 8.95. The van der Waals surface area contributed by atoms with Crippen LogP contribution < -0.4 is 5.32 Å². The Morgan fingerprint density at radius 2 is 1.07 bits per heavy atom. The zero-order valence-electron chi connectivity index (χ0n) is 31.4. The molecule has 1 amide bonds. The van der Waals surface area contributed by atoms with Crippen LogP contribution in [-0.2, 0) is 59.6 Å². The van der Waals surface area contributed by atoms with E-state index in [0.717, 1.165) is 22.3 Å². The molecule has 1 saturated heterocycles. The lowest BCUT2D eigenvalue weighted by Gasteiger charge is -2.46.